The number of nitrogens with zero attached hydrogens (tertiary/aromatic N) is 1. The highest BCUT2D eigenvalue weighted by atomic mass is 35.5. The second-order valence-electron chi connectivity index (χ2n) is 6.95. The lowest BCUT2D eigenvalue weighted by Gasteiger charge is -2.20. The number of sulfonamides is 1. The van der Waals surface area contributed by atoms with Gasteiger partial charge in [-0.3, -0.25) is 9.52 Å². The summed E-state index contributed by atoms with van der Waals surface area (Å²) in [6, 6.07) is 13.2. The number of anilines is 2. The van der Waals surface area contributed by atoms with Crippen molar-refractivity contribution in [2.45, 2.75) is 37.5 Å². The van der Waals surface area contributed by atoms with Gasteiger partial charge in [-0.15, -0.1) is 0 Å². The molecule has 1 amide bonds. The van der Waals surface area contributed by atoms with E-state index in [0.717, 1.165) is 12.8 Å². The fraction of sp³-hybridized carbons (Fsp3) is 0.300. The minimum Gasteiger partial charge on any atom is -0.325 e. The highest BCUT2D eigenvalue weighted by molar-refractivity contribution is 7.92. The topological polar surface area (TPSA) is 99.1 Å². The maximum atomic E-state index is 12.8. The van der Waals surface area contributed by atoms with E-state index in [1.807, 2.05) is 0 Å². The lowest BCUT2D eigenvalue weighted by atomic mass is 9.87. The Morgan fingerprint density at radius 2 is 1.86 bits per heavy atom. The van der Waals surface area contributed by atoms with Crippen molar-refractivity contribution in [1.82, 2.24) is 0 Å². The molecule has 0 spiro atoms. The van der Waals surface area contributed by atoms with Gasteiger partial charge in [-0.1, -0.05) is 36.6 Å². The molecule has 0 heterocycles. The number of nitriles is 1. The number of halogens is 1. The van der Waals surface area contributed by atoms with Crippen molar-refractivity contribution in [2.24, 2.45) is 5.41 Å². The summed E-state index contributed by atoms with van der Waals surface area (Å²) in [5.74, 6) is -0.387. The van der Waals surface area contributed by atoms with Crippen molar-refractivity contribution in [1.29, 1.82) is 5.26 Å². The highest BCUT2D eigenvalue weighted by Crippen LogP contribution is 2.38. The van der Waals surface area contributed by atoms with Crippen LogP contribution in [0.2, 0.25) is 5.02 Å². The molecule has 1 fully saturated rings. The normalized spacial score (nSPS) is 15.6. The summed E-state index contributed by atoms with van der Waals surface area (Å²) in [4.78, 5) is 12.7. The zero-order valence-corrected chi connectivity index (χ0v) is 16.9. The Morgan fingerprint density at radius 3 is 2.50 bits per heavy atom. The molecule has 2 aromatic carbocycles. The van der Waals surface area contributed by atoms with Gasteiger partial charge in [-0.25, -0.2) is 8.42 Å². The second kappa shape index (κ2) is 7.82. The van der Waals surface area contributed by atoms with Gasteiger partial charge in [-0.05, 0) is 55.7 Å². The van der Waals surface area contributed by atoms with Crippen LogP contribution in [0.5, 0.6) is 0 Å². The van der Waals surface area contributed by atoms with Crippen molar-refractivity contribution in [3.63, 3.8) is 0 Å². The van der Waals surface area contributed by atoms with Gasteiger partial charge in [0.2, 0.25) is 5.91 Å². The summed E-state index contributed by atoms with van der Waals surface area (Å²) in [6.45, 7) is 1.67. The summed E-state index contributed by atoms with van der Waals surface area (Å²) in [5.41, 5.74) is 0.172. The molecule has 0 unspecified atom stereocenters. The van der Waals surface area contributed by atoms with Crippen molar-refractivity contribution in [3.8, 4) is 6.07 Å². The predicted octanol–water partition coefficient (Wildman–Crippen LogP) is 4.47. The predicted molar refractivity (Wildman–Crippen MR) is 109 cm³/mol. The molecule has 0 saturated heterocycles. The van der Waals surface area contributed by atoms with Crippen LogP contribution >= 0.6 is 11.6 Å². The Morgan fingerprint density at radius 1 is 1.14 bits per heavy atom. The Hall–Kier alpha value is -2.56. The van der Waals surface area contributed by atoms with Gasteiger partial charge in [-0.2, -0.15) is 5.26 Å². The van der Waals surface area contributed by atoms with Gasteiger partial charge in [0.25, 0.3) is 10.0 Å². The Labute approximate surface area is 169 Å². The fourth-order valence-electron chi connectivity index (χ4n) is 3.35. The number of rotatable bonds is 5. The third-order valence-corrected chi connectivity index (χ3v) is 6.68. The average molecular weight is 418 g/mol. The summed E-state index contributed by atoms with van der Waals surface area (Å²) in [7, 11) is -3.88. The molecule has 2 N–H and O–H groups in total. The lowest BCUT2D eigenvalue weighted by molar-refractivity contribution is -0.122. The van der Waals surface area contributed by atoms with Crippen LogP contribution in [0.3, 0.4) is 0 Å². The third kappa shape index (κ3) is 4.13. The minimum atomic E-state index is -3.88. The second-order valence-corrected chi connectivity index (χ2v) is 9.04. The molecule has 1 aliphatic rings. The van der Waals surface area contributed by atoms with E-state index in [-0.39, 0.29) is 10.8 Å². The monoisotopic (exact) mass is 417 g/mol. The molecule has 0 aliphatic heterocycles. The number of carbonyl (C=O) groups is 1. The van der Waals surface area contributed by atoms with Gasteiger partial charge in [0.05, 0.1) is 16.7 Å². The minimum absolute atomic E-state index is 0.0442. The van der Waals surface area contributed by atoms with Crippen LogP contribution in [0.15, 0.2) is 47.4 Å². The smallest absolute Gasteiger partial charge is 0.262 e. The number of hydrogen-bond acceptors (Lipinski definition) is 4. The van der Waals surface area contributed by atoms with Crippen molar-refractivity contribution in [2.75, 3.05) is 10.0 Å². The summed E-state index contributed by atoms with van der Waals surface area (Å²) in [5, 5.41) is 12.6. The van der Waals surface area contributed by atoms with E-state index in [1.165, 1.54) is 12.1 Å². The molecular weight excluding hydrogens is 398 g/mol. The van der Waals surface area contributed by atoms with Crippen LogP contribution < -0.4 is 10.0 Å². The maximum absolute atomic E-state index is 12.8. The largest absolute Gasteiger partial charge is 0.325 e. The highest BCUT2D eigenvalue weighted by Gasteiger charge is 2.41. The molecule has 8 heteroatoms. The first-order chi connectivity index (χ1) is 13.3. The van der Waals surface area contributed by atoms with Crippen molar-refractivity contribution >= 4 is 38.9 Å². The molecule has 1 aliphatic carbocycles. The summed E-state index contributed by atoms with van der Waals surface area (Å²) >= 11 is 5.91. The Bertz CT molecular complexity index is 1050. The number of nitrogens with one attached hydrogen (secondary N) is 2. The first-order valence-corrected chi connectivity index (χ1v) is 10.7. The number of amides is 1. The van der Waals surface area contributed by atoms with E-state index in [2.05, 4.69) is 16.1 Å². The maximum Gasteiger partial charge on any atom is 0.262 e. The molecule has 28 heavy (non-hydrogen) atoms. The van der Waals surface area contributed by atoms with Crippen molar-refractivity contribution < 1.29 is 13.2 Å². The van der Waals surface area contributed by atoms with Crippen LogP contribution in [-0.2, 0) is 14.8 Å². The first kappa shape index (κ1) is 20.2. The fourth-order valence-corrected chi connectivity index (χ4v) is 4.86. The standard InChI is InChI=1S/C20H20ClN3O3S/c1-14-7-8-16(23-19(25)20(13-22)9-2-3-10-20)12-18(14)28(26,27)24-17-6-4-5-15(21)11-17/h4-8,11-12,24H,2-3,9-10H2,1H3,(H,23,25). The number of carbonyl (C=O) groups excluding carboxylic acids is 1. The zero-order chi connectivity index (χ0) is 20.4. The lowest BCUT2D eigenvalue weighted by Crippen LogP contribution is -2.32. The number of hydrogen-bond donors (Lipinski definition) is 2. The van der Waals surface area contributed by atoms with Crippen LogP contribution in [0.4, 0.5) is 11.4 Å². The molecule has 146 valence electrons. The SMILES string of the molecule is Cc1ccc(NC(=O)C2(C#N)CCCC2)cc1S(=O)(=O)Nc1cccc(Cl)c1. The van der Waals surface area contributed by atoms with Crippen LogP contribution in [0, 0.1) is 23.7 Å². The van der Waals surface area contributed by atoms with E-state index in [4.69, 9.17) is 11.6 Å². The Balaban J connectivity index is 1.87. The van der Waals surface area contributed by atoms with E-state index in [0.29, 0.717) is 34.8 Å². The van der Waals surface area contributed by atoms with E-state index >= 15 is 0 Å². The number of benzene rings is 2. The third-order valence-electron chi connectivity index (χ3n) is 4.92. The van der Waals surface area contributed by atoms with Gasteiger partial charge in [0.15, 0.2) is 0 Å². The van der Waals surface area contributed by atoms with Gasteiger partial charge in [0, 0.05) is 10.7 Å². The molecule has 2 aromatic rings. The van der Waals surface area contributed by atoms with Gasteiger partial charge in [0.1, 0.15) is 5.41 Å². The van der Waals surface area contributed by atoms with Crippen LogP contribution in [-0.4, -0.2) is 14.3 Å². The van der Waals surface area contributed by atoms with Crippen LogP contribution in [0.1, 0.15) is 31.2 Å². The molecule has 0 atom stereocenters. The molecule has 6 nitrogen and oxygen atoms in total. The average Bonchev–Trinajstić information content (AvgIpc) is 3.13. The van der Waals surface area contributed by atoms with Gasteiger partial charge < -0.3 is 5.32 Å². The van der Waals surface area contributed by atoms with Crippen molar-refractivity contribution in [3.05, 3.63) is 53.1 Å². The Kier molecular flexibility index (Phi) is 5.64. The molecular formula is C20H20ClN3O3S. The quantitative estimate of drug-likeness (QED) is 0.749. The van der Waals surface area contributed by atoms with E-state index in [1.54, 1.807) is 37.3 Å². The van der Waals surface area contributed by atoms with Crippen LogP contribution in [0.25, 0.3) is 0 Å². The summed E-state index contributed by atoms with van der Waals surface area (Å²) in [6.07, 6.45) is 2.70. The van der Waals surface area contributed by atoms with E-state index in [9.17, 15) is 18.5 Å². The first-order valence-electron chi connectivity index (χ1n) is 8.87. The van der Waals surface area contributed by atoms with E-state index < -0.39 is 15.4 Å². The molecule has 3 rings (SSSR count). The number of aryl methyl sites for hydroxylation is 1. The molecule has 0 radical (unpaired) electrons. The zero-order valence-electron chi connectivity index (χ0n) is 15.3. The molecule has 0 bridgehead atoms. The molecule has 1 saturated carbocycles. The molecule has 0 aromatic heterocycles. The van der Waals surface area contributed by atoms with Gasteiger partial charge >= 0.3 is 0 Å². The summed E-state index contributed by atoms with van der Waals surface area (Å²) < 4.78 is 28.1.